The van der Waals surface area contributed by atoms with E-state index in [0.29, 0.717) is 5.95 Å². The SMILES string of the molecule is CNc1nc(NCCN2CCSCC2)c2ccsc2n1. The smallest absolute Gasteiger partial charge is 0.225 e. The van der Waals surface area contributed by atoms with Gasteiger partial charge in [0.05, 0.1) is 5.39 Å². The predicted octanol–water partition coefficient (Wildman–Crippen LogP) is 2.19. The molecule has 0 atom stereocenters. The van der Waals surface area contributed by atoms with Crippen molar-refractivity contribution < 1.29 is 0 Å². The van der Waals surface area contributed by atoms with E-state index in [1.165, 1.54) is 24.6 Å². The van der Waals surface area contributed by atoms with E-state index in [1.54, 1.807) is 11.3 Å². The molecule has 1 fully saturated rings. The van der Waals surface area contributed by atoms with Crippen molar-refractivity contribution in [3.05, 3.63) is 11.4 Å². The lowest BCUT2D eigenvalue weighted by molar-refractivity contribution is 0.314. The Morgan fingerprint density at radius 2 is 2.15 bits per heavy atom. The number of hydrogen-bond acceptors (Lipinski definition) is 7. The molecule has 0 bridgehead atoms. The first-order valence-electron chi connectivity index (χ1n) is 6.84. The van der Waals surface area contributed by atoms with Gasteiger partial charge in [0, 0.05) is 44.7 Å². The largest absolute Gasteiger partial charge is 0.368 e. The van der Waals surface area contributed by atoms with E-state index >= 15 is 0 Å². The van der Waals surface area contributed by atoms with Gasteiger partial charge >= 0.3 is 0 Å². The van der Waals surface area contributed by atoms with Gasteiger partial charge in [-0.15, -0.1) is 11.3 Å². The molecule has 0 aromatic carbocycles. The predicted molar refractivity (Wildman–Crippen MR) is 89.2 cm³/mol. The van der Waals surface area contributed by atoms with Gasteiger partial charge in [-0.3, -0.25) is 4.90 Å². The quantitative estimate of drug-likeness (QED) is 0.883. The summed E-state index contributed by atoms with van der Waals surface area (Å²) >= 11 is 3.70. The van der Waals surface area contributed by atoms with Crippen LogP contribution in [0.25, 0.3) is 10.2 Å². The number of nitrogens with one attached hydrogen (secondary N) is 2. The van der Waals surface area contributed by atoms with Gasteiger partial charge in [-0.05, 0) is 11.4 Å². The third kappa shape index (κ3) is 3.16. The molecule has 1 aliphatic rings. The minimum Gasteiger partial charge on any atom is -0.368 e. The average Bonchev–Trinajstić information content (AvgIpc) is 2.96. The van der Waals surface area contributed by atoms with E-state index in [9.17, 15) is 0 Å². The molecule has 1 aliphatic heterocycles. The number of rotatable bonds is 5. The maximum absolute atomic E-state index is 4.52. The number of thioether (sulfide) groups is 1. The number of thiophene rings is 1. The molecular formula is C13H19N5S2. The summed E-state index contributed by atoms with van der Waals surface area (Å²) in [6, 6.07) is 2.08. The van der Waals surface area contributed by atoms with Gasteiger partial charge in [0.25, 0.3) is 0 Å². The summed E-state index contributed by atoms with van der Waals surface area (Å²) in [5.74, 6) is 4.13. The molecule has 2 aromatic rings. The Balaban J connectivity index is 1.65. The van der Waals surface area contributed by atoms with Crippen LogP contribution in [0.3, 0.4) is 0 Å². The summed E-state index contributed by atoms with van der Waals surface area (Å²) in [4.78, 5) is 12.5. The van der Waals surface area contributed by atoms with Gasteiger partial charge in [0.1, 0.15) is 10.6 Å². The lowest BCUT2D eigenvalue weighted by atomic mass is 10.3. The molecule has 3 heterocycles. The molecule has 108 valence electrons. The highest BCUT2D eigenvalue weighted by molar-refractivity contribution is 7.99. The van der Waals surface area contributed by atoms with E-state index in [1.807, 2.05) is 18.8 Å². The van der Waals surface area contributed by atoms with Crippen LogP contribution in [0.4, 0.5) is 11.8 Å². The summed E-state index contributed by atoms with van der Waals surface area (Å²) in [5, 5.41) is 9.66. The minimum atomic E-state index is 0.678. The molecule has 3 rings (SSSR count). The number of nitrogens with zero attached hydrogens (tertiary/aromatic N) is 3. The highest BCUT2D eigenvalue weighted by atomic mass is 32.2. The first-order chi connectivity index (χ1) is 9.86. The Labute approximate surface area is 127 Å². The van der Waals surface area contributed by atoms with Gasteiger partial charge in [-0.25, -0.2) is 4.98 Å². The van der Waals surface area contributed by atoms with Crippen LogP contribution in [0.2, 0.25) is 0 Å². The van der Waals surface area contributed by atoms with Crippen LogP contribution < -0.4 is 10.6 Å². The maximum Gasteiger partial charge on any atom is 0.225 e. The normalized spacial score (nSPS) is 16.4. The summed E-state index contributed by atoms with van der Waals surface area (Å²) in [6.45, 7) is 4.40. The Kier molecular flexibility index (Phi) is 4.59. The van der Waals surface area contributed by atoms with Crippen molar-refractivity contribution in [1.82, 2.24) is 14.9 Å². The first-order valence-corrected chi connectivity index (χ1v) is 8.87. The van der Waals surface area contributed by atoms with Gasteiger partial charge in [0.2, 0.25) is 5.95 Å². The van der Waals surface area contributed by atoms with E-state index in [2.05, 4.69) is 36.9 Å². The molecule has 0 spiro atoms. The molecule has 0 unspecified atom stereocenters. The number of fused-ring (bicyclic) bond motifs is 1. The second-order valence-electron chi connectivity index (χ2n) is 4.67. The topological polar surface area (TPSA) is 53.1 Å². The van der Waals surface area contributed by atoms with Crippen LogP contribution >= 0.6 is 23.1 Å². The zero-order valence-electron chi connectivity index (χ0n) is 11.6. The zero-order chi connectivity index (χ0) is 13.8. The Hall–Kier alpha value is -1.05. The van der Waals surface area contributed by atoms with Crippen LogP contribution in [0, 0.1) is 0 Å². The van der Waals surface area contributed by atoms with Crippen molar-refractivity contribution in [2.24, 2.45) is 0 Å². The average molecular weight is 309 g/mol. The van der Waals surface area contributed by atoms with Gasteiger partial charge in [-0.2, -0.15) is 16.7 Å². The van der Waals surface area contributed by atoms with Crippen LogP contribution in [-0.4, -0.2) is 59.6 Å². The van der Waals surface area contributed by atoms with Crippen molar-refractivity contribution in [2.75, 3.05) is 55.4 Å². The fraction of sp³-hybridized carbons (Fsp3) is 0.538. The molecule has 1 saturated heterocycles. The van der Waals surface area contributed by atoms with Gasteiger partial charge in [-0.1, -0.05) is 0 Å². The Morgan fingerprint density at radius 1 is 1.30 bits per heavy atom. The second-order valence-corrected chi connectivity index (χ2v) is 6.79. The molecule has 2 aromatic heterocycles. The molecule has 7 heteroatoms. The first kappa shape index (κ1) is 13.9. The minimum absolute atomic E-state index is 0.678. The van der Waals surface area contributed by atoms with Crippen LogP contribution in [-0.2, 0) is 0 Å². The zero-order valence-corrected chi connectivity index (χ0v) is 13.2. The van der Waals surface area contributed by atoms with Crippen LogP contribution in [0.5, 0.6) is 0 Å². The van der Waals surface area contributed by atoms with Crippen molar-refractivity contribution in [3.63, 3.8) is 0 Å². The Bertz CT molecular complexity index is 565. The molecule has 0 amide bonds. The summed E-state index contributed by atoms with van der Waals surface area (Å²) in [6.07, 6.45) is 0. The second kappa shape index (κ2) is 6.60. The van der Waals surface area contributed by atoms with Crippen molar-refractivity contribution >= 4 is 45.1 Å². The molecule has 0 saturated carbocycles. The molecular weight excluding hydrogens is 290 g/mol. The van der Waals surface area contributed by atoms with Crippen LogP contribution in [0.1, 0.15) is 0 Å². The summed E-state index contributed by atoms with van der Waals surface area (Å²) in [7, 11) is 1.85. The van der Waals surface area contributed by atoms with E-state index in [0.717, 1.165) is 29.1 Å². The highest BCUT2D eigenvalue weighted by Crippen LogP contribution is 2.26. The number of aromatic nitrogens is 2. The molecule has 0 radical (unpaired) electrons. The van der Waals surface area contributed by atoms with E-state index in [4.69, 9.17) is 0 Å². The summed E-state index contributed by atoms with van der Waals surface area (Å²) in [5.41, 5.74) is 0. The fourth-order valence-electron chi connectivity index (χ4n) is 2.26. The van der Waals surface area contributed by atoms with Gasteiger partial charge < -0.3 is 10.6 Å². The third-order valence-corrected chi connectivity index (χ3v) is 5.12. The maximum atomic E-state index is 4.52. The molecule has 20 heavy (non-hydrogen) atoms. The van der Waals surface area contributed by atoms with Crippen LogP contribution in [0.15, 0.2) is 11.4 Å². The lowest BCUT2D eigenvalue weighted by Gasteiger charge is -2.26. The number of anilines is 2. The molecule has 5 nitrogen and oxygen atoms in total. The standard InChI is InChI=1S/C13H19N5S2/c1-14-13-16-11(10-2-7-20-12(10)17-13)15-3-4-18-5-8-19-9-6-18/h2,7H,3-6,8-9H2,1H3,(H2,14,15,16,17). The molecule has 0 aliphatic carbocycles. The van der Waals surface area contributed by atoms with Crippen molar-refractivity contribution in [1.29, 1.82) is 0 Å². The Morgan fingerprint density at radius 3 is 2.95 bits per heavy atom. The third-order valence-electron chi connectivity index (χ3n) is 3.37. The fourth-order valence-corrected chi connectivity index (χ4v) is 4.00. The molecule has 2 N–H and O–H groups in total. The van der Waals surface area contributed by atoms with Crippen molar-refractivity contribution in [2.45, 2.75) is 0 Å². The van der Waals surface area contributed by atoms with Gasteiger partial charge in [0.15, 0.2) is 0 Å². The van der Waals surface area contributed by atoms with Crippen molar-refractivity contribution in [3.8, 4) is 0 Å². The number of hydrogen-bond donors (Lipinski definition) is 2. The van der Waals surface area contributed by atoms with E-state index in [-0.39, 0.29) is 0 Å². The van der Waals surface area contributed by atoms with E-state index < -0.39 is 0 Å². The lowest BCUT2D eigenvalue weighted by Crippen LogP contribution is -2.36. The highest BCUT2D eigenvalue weighted by Gasteiger charge is 2.11. The summed E-state index contributed by atoms with van der Waals surface area (Å²) < 4.78 is 0. The monoisotopic (exact) mass is 309 g/mol.